The summed E-state index contributed by atoms with van der Waals surface area (Å²) in [6.07, 6.45) is 0. The van der Waals surface area contributed by atoms with E-state index in [4.69, 9.17) is 5.14 Å². The van der Waals surface area contributed by atoms with E-state index in [0.29, 0.717) is 5.69 Å². The molecule has 1 rings (SSSR count). The maximum absolute atomic E-state index is 10.7. The van der Waals surface area contributed by atoms with E-state index in [9.17, 15) is 8.42 Å². The number of benzene rings is 1. The molecule has 0 radical (unpaired) electrons. The van der Waals surface area contributed by atoms with Gasteiger partial charge in [0.25, 0.3) is 10.2 Å². The highest BCUT2D eigenvalue weighted by atomic mass is 79.9. The van der Waals surface area contributed by atoms with E-state index in [0.717, 1.165) is 10.0 Å². The van der Waals surface area contributed by atoms with E-state index in [1.54, 1.807) is 19.1 Å². The van der Waals surface area contributed by atoms with Crippen molar-refractivity contribution in [2.75, 3.05) is 4.72 Å². The quantitative estimate of drug-likeness (QED) is 0.847. The van der Waals surface area contributed by atoms with Crippen molar-refractivity contribution in [2.45, 2.75) is 6.92 Å². The Labute approximate surface area is 85.4 Å². The zero-order valence-electron chi connectivity index (χ0n) is 6.91. The van der Waals surface area contributed by atoms with Crippen LogP contribution in [-0.2, 0) is 10.2 Å². The summed E-state index contributed by atoms with van der Waals surface area (Å²) in [6.45, 7) is 1.79. The number of halogens is 1. The summed E-state index contributed by atoms with van der Waals surface area (Å²) in [5, 5.41) is 4.83. The van der Waals surface area contributed by atoms with Gasteiger partial charge < -0.3 is 0 Å². The highest BCUT2D eigenvalue weighted by Gasteiger charge is 2.06. The molecule has 0 unspecified atom stereocenters. The molecule has 6 heteroatoms. The standard InChI is InChI=1S/C7H9BrN2O2S/c1-5-6(8)3-2-4-7(5)10-13(9,11)12/h2-4,10H,1H3,(H2,9,11,12). The van der Waals surface area contributed by atoms with Gasteiger partial charge in [-0.05, 0) is 24.6 Å². The molecule has 0 amide bonds. The van der Waals surface area contributed by atoms with Gasteiger partial charge in [-0.2, -0.15) is 8.42 Å². The Morgan fingerprint density at radius 1 is 1.46 bits per heavy atom. The van der Waals surface area contributed by atoms with Crippen molar-refractivity contribution >= 4 is 31.8 Å². The van der Waals surface area contributed by atoms with Crippen LogP contribution in [0, 0.1) is 6.92 Å². The SMILES string of the molecule is Cc1c(Br)cccc1NS(N)(=O)=O. The van der Waals surface area contributed by atoms with Crippen LogP contribution in [0.5, 0.6) is 0 Å². The number of nitrogens with one attached hydrogen (secondary N) is 1. The Bertz CT molecular complexity index is 417. The summed E-state index contributed by atoms with van der Waals surface area (Å²) in [6, 6.07) is 5.19. The van der Waals surface area contributed by atoms with Gasteiger partial charge in [-0.1, -0.05) is 22.0 Å². The fourth-order valence-electron chi connectivity index (χ4n) is 0.871. The van der Waals surface area contributed by atoms with E-state index in [2.05, 4.69) is 20.7 Å². The minimum Gasteiger partial charge on any atom is -0.271 e. The highest BCUT2D eigenvalue weighted by Crippen LogP contribution is 2.23. The molecule has 3 N–H and O–H groups in total. The van der Waals surface area contributed by atoms with Gasteiger partial charge in [0.15, 0.2) is 0 Å². The van der Waals surface area contributed by atoms with Crippen molar-refractivity contribution in [3.05, 3.63) is 28.2 Å². The lowest BCUT2D eigenvalue weighted by molar-refractivity contribution is 0.603. The van der Waals surface area contributed by atoms with E-state index >= 15 is 0 Å². The average Bonchev–Trinajstić information content (AvgIpc) is 1.96. The second-order valence-corrected chi connectivity index (χ2v) is 4.71. The highest BCUT2D eigenvalue weighted by molar-refractivity contribution is 9.10. The van der Waals surface area contributed by atoms with Crippen LogP contribution in [0.15, 0.2) is 22.7 Å². The Kier molecular flexibility index (Phi) is 2.94. The largest absolute Gasteiger partial charge is 0.296 e. The van der Waals surface area contributed by atoms with E-state index in [-0.39, 0.29) is 0 Å². The van der Waals surface area contributed by atoms with Gasteiger partial charge in [0, 0.05) is 4.47 Å². The van der Waals surface area contributed by atoms with Crippen LogP contribution >= 0.6 is 15.9 Å². The molecular formula is C7H9BrN2O2S. The molecule has 0 aromatic heterocycles. The molecule has 0 atom stereocenters. The van der Waals surface area contributed by atoms with Gasteiger partial charge >= 0.3 is 0 Å². The van der Waals surface area contributed by atoms with Crippen LogP contribution in [0.1, 0.15) is 5.56 Å². The Hall–Kier alpha value is -0.590. The summed E-state index contributed by atoms with van der Waals surface area (Å²) < 4.78 is 24.5. The molecule has 0 heterocycles. The molecule has 13 heavy (non-hydrogen) atoms. The number of hydrogen-bond donors (Lipinski definition) is 2. The molecule has 0 aliphatic rings. The minimum atomic E-state index is -3.69. The van der Waals surface area contributed by atoms with Crippen LogP contribution in [0.25, 0.3) is 0 Å². The maximum atomic E-state index is 10.7. The van der Waals surface area contributed by atoms with Gasteiger partial charge in [0.2, 0.25) is 0 Å². The first-order chi connectivity index (χ1) is 5.90. The Morgan fingerprint density at radius 2 is 2.08 bits per heavy atom. The topological polar surface area (TPSA) is 72.2 Å². The van der Waals surface area contributed by atoms with Gasteiger partial charge in [0.1, 0.15) is 0 Å². The molecule has 0 bridgehead atoms. The van der Waals surface area contributed by atoms with Gasteiger partial charge in [0.05, 0.1) is 5.69 Å². The normalized spacial score (nSPS) is 11.3. The van der Waals surface area contributed by atoms with Crippen molar-refractivity contribution < 1.29 is 8.42 Å². The lowest BCUT2D eigenvalue weighted by atomic mass is 10.2. The van der Waals surface area contributed by atoms with E-state index in [1.807, 2.05) is 6.07 Å². The fourth-order valence-corrected chi connectivity index (χ4v) is 1.77. The first kappa shape index (κ1) is 10.5. The zero-order chi connectivity index (χ0) is 10.1. The third-order valence-electron chi connectivity index (χ3n) is 1.52. The second kappa shape index (κ2) is 3.65. The first-order valence-electron chi connectivity index (χ1n) is 3.46. The van der Waals surface area contributed by atoms with E-state index < -0.39 is 10.2 Å². The van der Waals surface area contributed by atoms with Crippen molar-refractivity contribution in [2.24, 2.45) is 5.14 Å². The number of hydrogen-bond acceptors (Lipinski definition) is 2. The van der Waals surface area contributed by atoms with Crippen molar-refractivity contribution in [1.82, 2.24) is 0 Å². The summed E-state index contributed by atoms with van der Waals surface area (Å²) in [5.74, 6) is 0. The zero-order valence-corrected chi connectivity index (χ0v) is 9.31. The first-order valence-corrected chi connectivity index (χ1v) is 5.80. The van der Waals surface area contributed by atoms with Gasteiger partial charge in [-0.25, -0.2) is 5.14 Å². The maximum Gasteiger partial charge on any atom is 0.296 e. The van der Waals surface area contributed by atoms with Crippen LogP contribution in [-0.4, -0.2) is 8.42 Å². The third kappa shape index (κ3) is 2.98. The number of anilines is 1. The molecule has 0 saturated carbocycles. The molecule has 1 aromatic carbocycles. The molecule has 0 aliphatic carbocycles. The Morgan fingerprint density at radius 3 is 2.62 bits per heavy atom. The molecule has 72 valence electrons. The summed E-state index contributed by atoms with van der Waals surface area (Å²) in [5.41, 5.74) is 1.29. The average molecular weight is 265 g/mol. The molecule has 0 spiro atoms. The predicted octanol–water partition coefficient (Wildman–Crippen LogP) is 1.37. The van der Waals surface area contributed by atoms with Crippen LogP contribution < -0.4 is 9.86 Å². The monoisotopic (exact) mass is 264 g/mol. The molecular weight excluding hydrogens is 256 g/mol. The summed E-state index contributed by atoms with van der Waals surface area (Å²) in [4.78, 5) is 0. The lowest BCUT2D eigenvalue weighted by Gasteiger charge is -2.07. The van der Waals surface area contributed by atoms with Crippen molar-refractivity contribution in [3.8, 4) is 0 Å². The smallest absolute Gasteiger partial charge is 0.271 e. The van der Waals surface area contributed by atoms with E-state index in [1.165, 1.54) is 0 Å². The van der Waals surface area contributed by atoms with Crippen molar-refractivity contribution in [3.63, 3.8) is 0 Å². The van der Waals surface area contributed by atoms with Crippen molar-refractivity contribution in [1.29, 1.82) is 0 Å². The fraction of sp³-hybridized carbons (Fsp3) is 0.143. The van der Waals surface area contributed by atoms with Crippen LogP contribution in [0.4, 0.5) is 5.69 Å². The summed E-state index contributed by atoms with van der Waals surface area (Å²) >= 11 is 3.28. The van der Waals surface area contributed by atoms with Crippen LogP contribution in [0.3, 0.4) is 0 Å². The number of rotatable bonds is 2. The summed E-state index contributed by atoms with van der Waals surface area (Å²) in [7, 11) is -3.69. The lowest BCUT2D eigenvalue weighted by Crippen LogP contribution is -2.22. The number of nitrogens with two attached hydrogens (primary N) is 1. The second-order valence-electron chi connectivity index (χ2n) is 2.56. The minimum absolute atomic E-state index is 0.483. The van der Waals surface area contributed by atoms with Gasteiger partial charge in [-0.15, -0.1) is 0 Å². The molecule has 1 aromatic rings. The Balaban J connectivity index is 3.10. The molecule has 0 saturated heterocycles. The molecule has 4 nitrogen and oxygen atoms in total. The van der Waals surface area contributed by atoms with Crippen LogP contribution in [0.2, 0.25) is 0 Å². The predicted molar refractivity (Wildman–Crippen MR) is 55.6 cm³/mol. The molecule has 0 aliphatic heterocycles. The molecule has 0 fully saturated rings. The third-order valence-corrected chi connectivity index (χ3v) is 2.88. The van der Waals surface area contributed by atoms with Gasteiger partial charge in [-0.3, -0.25) is 4.72 Å².